The van der Waals surface area contributed by atoms with Gasteiger partial charge in [0.15, 0.2) is 11.5 Å². The Hall–Kier alpha value is -1.27. The number of aryl methyl sites for hydroxylation is 1. The highest BCUT2D eigenvalue weighted by Gasteiger charge is 2.25. The summed E-state index contributed by atoms with van der Waals surface area (Å²) >= 11 is 0. The molecule has 2 N–H and O–H groups in total. The quantitative estimate of drug-likeness (QED) is 0.835. The average Bonchev–Trinajstić information content (AvgIpc) is 2.33. The predicted molar refractivity (Wildman–Crippen MR) is 79.6 cm³/mol. The molecule has 0 atom stereocenters. The van der Waals surface area contributed by atoms with E-state index >= 15 is 0 Å². The van der Waals surface area contributed by atoms with E-state index in [1.54, 1.807) is 21.0 Å². The summed E-state index contributed by atoms with van der Waals surface area (Å²) in [6.07, 6.45) is 0.910. The van der Waals surface area contributed by atoms with Crippen LogP contribution in [0.15, 0.2) is 18.2 Å². The molecule has 0 saturated heterocycles. The molecule has 0 aliphatic carbocycles. The SMILES string of the molecule is CCc1ccc(OCC(C)(C)CS(N)(=O)=O)c(OC)c1. The van der Waals surface area contributed by atoms with Gasteiger partial charge in [-0.3, -0.25) is 0 Å². The van der Waals surface area contributed by atoms with Gasteiger partial charge in [-0.2, -0.15) is 0 Å². The number of hydrogen-bond donors (Lipinski definition) is 1. The van der Waals surface area contributed by atoms with E-state index in [4.69, 9.17) is 14.6 Å². The average molecular weight is 301 g/mol. The summed E-state index contributed by atoms with van der Waals surface area (Å²) in [5, 5.41) is 5.08. The highest BCUT2D eigenvalue weighted by molar-refractivity contribution is 7.89. The fraction of sp³-hybridized carbons (Fsp3) is 0.571. The van der Waals surface area contributed by atoms with E-state index in [2.05, 4.69) is 6.92 Å². The number of primary sulfonamides is 1. The van der Waals surface area contributed by atoms with Gasteiger partial charge in [0, 0.05) is 5.41 Å². The van der Waals surface area contributed by atoms with Gasteiger partial charge in [0.05, 0.1) is 19.5 Å². The molecule has 0 bridgehead atoms. The van der Waals surface area contributed by atoms with Crippen LogP contribution in [0.1, 0.15) is 26.3 Å². The van der Waals surface area contributed by atoms with Crippen LogP contribution in [-0.4, -0.2) is 27.9 Å². The molecule has 0 aliphatic heterocycles. The van der Waals surface area contributed by atoms with Gasteiger partial charge in [-0.1, -0.05) is 26.8 Å². The molecule has 1 rings (SSSR count). The molecular weight excluding hydrogens is 278 g/mol. The second-order valence-corrected chi connectivity index (χ2v) is 7.21. The summed E-state index contributed by atoms with van der Waals surface area (Å²) < 4.78 is 33.3. The van der Waals surface area contributed by atoms with E-state index in [0.717, 1.165) is 12.0 Å². The zero-order chi connectivity index (χ0) is 15.4. The molecule has 0 radical (unpaired) electrons. The van der Waals surface area contributed by atoms with Crippen molar-refractivity contribution in [1.82, 2.24) is 0 Å². The third-order valence-corrected chi connectivity index (χ3v) is 4.03. The third kappa shape index (κ3) is 5.38. The number of sulfonamides is 1. The Bertz CT molecular complexity index is 552. The summed E-state index contributed by atoms with van der Waals surface area (Å²) in [5.74, 6) is 1.12. The van der Waals surface area contributed by atoms with Crippen molar-refractivity contribution in [3.8, 4) is 11.5 Å². The lowest BCUT2D eigenvalue weighted by Gasteiger charge is -2.24. The molecule has 0 saturated carbocycles. The van der Waals surface area contributed by atoms with Gasteiger partial charge in [0.25, 0.3) is 0 Å². The summed E-state index contributed by atoms with van der Waals surface area (Å²) in [4.78, 5) is 0. The maximum atomic E-state index is 11.2. The molecule has 0 fully saturated rings. The summed E-state index contributed by atoms with van der Waals surface area (Å²) in [6.45, 7) is 5.89. The molecule has 1 aromatic rings. The fourth-order valence-corrected chi connectivity index (χ4v) is 3.08. The van der Waals surface area contributed by atoms with Crippen molar-refractivity contribution >= 4 is 10.0 Å². The first-order valence-electron chi connectivity index (χ1n) is 6.47. The molecule has 5 nitrogen and oxygen atoms in total. The maximum Gasteiger partial charge on any atom is 0.209 e. The monoisotopic (exact) mass is 301 g/mol. The molecule has 20 heavy (non-hydrogen) atoms. The van der Waals surface area contributed by atoms with E-state index in [-0.39, 0.29) is 12.4 Å². The van der Waals surface area contributed by atoms with Crippen molar-refractivity contribution in [2.45, 2.75) is 27.2 Å². The number of rotatable bonds is 7. The van der Waals surface area contributed by atoms with Crippen molar-refractivity contribution in [2.75, 3.05) is 19.5 Å². The number of hydrogen-bond acceptors (Lipinski definition) is 4. The van der Waals surface area contributed by atoms with Crippen LogP contribution in [0.5, 0.6) is 11.5 Å². The molecular formula is C14H23NO4S. The minimum absolute atomic E-state index is 0.130. The number of benzene rings is 1. The highest BCUT2D eigenvalue weighted by atomic mass is 32.2. The molecule has 0 aromatic heterocycles. The van der Waals surface area contributed by atoms with Crippen LogP contribution in [0.2, 0.25) is 0 Å². The van der Waals surface area contributed by atoms with Crippen molar-refractivity contribution in [2.24, 2.45) is 10.6 Å². The Morgan fingerprint density at radius 1 is 1.25 bits per heavy atom. The topological polar surface area (TPSA) is 78.6 Å². The van der Waals surface area contributed by atoms with Crippen LogP contribution in [-0.2, 0) is 16.4 Å². The zero-order valence-corrected chi connectivity index (χ0v) is 13.3. The van der Waals surface area contributed by atoms with Crippen LogP contribution in [0.4, 0.5) is 0 Å². The van der Waals surface area contributed by atoms with Gasteiger partial charge < -0.3 is 9.47 Å². The Morgan fingerprint density at radius 3 is 2.40 bits per heavy atom. The first-order valence-corrected chi connectivity index (χ1v) is 8.18. The first kappa shape index (κ1) is 16.8. The van der Waals surface area contributed by atoms with E-state index in [9.17, 15) is 8.42 Å². The maximum absolute atomic E-state index is 11.2. The Labute approximate surface area is 121 Å². The first-order chi connectivity index (χ1) is 9.17. The van der Waals surface area contributed by atoms with Crippen LogP contribution in [0.3, 0.4) is 0 Å². The fourth-order valence-electron chi connectivity index (χ4n) is 1.91. The molecule has 0 amide bonds. The van der Waals surface area contributed by atoms with Crippen molar-refractivity contribution in [1.29, 1.82) is 0 Å². The summed E-state index contributed by atoms with van der Waals surface area (Å²) in [5.41, 5.74) is 0.583. The molecule has 0 unspecified atom stereocenters. The number of nitrogens with two attached hydrogens (primary N) is 1. The zero-order valence-electron chi connectivity index (χ0n) is 12.5. The normalized spacial score (nSPS) is 12.2. The van der Waals surface area contributed by atoms with Gasteiger partial charge in [-0.15, -0.1) is 0 Å². The lowest BCUT2D eigenvalue weighted by molar-refractivity contribution is 0.193. The molecule has 0 aliphatic rings. The standard InChI is InChI=1S/C14H23NO4S/c1-5-11-6-7-12(13(8-11)18-4)19-9-14(2,3)10-20(15,16)17/h6-8H,5,9-10H2,1-4H3,(H2,15,16,17). The van der Waals surface area contributed by atoms with E-state index < -0.39 is 15.4 Å². The smallest absolute Gasteiger partial charge is 0.209 e. The van der Waals surface area contributed by atoms with Crippen LogP contribution in [0.25, 0.3) is 0 Å². The molecule has 6 heteroatoms. The number of ether oxygens (including phenoxy) is 2. The molecule has 1 aromatic carbocycles. The van der Waals surface area contributed by atoms with Crippen LogP contribution >= 0.6 is 0 Å². The summed E-state index contributed by atoms with van der Waals surface area (Å²) in [6, 6.07) is 5.72. The van der Waals surface area contributed by atoms with E-state index in [0.29, 0.717) is 11.5 Å². The molecule has 114 valence electrons. The highest BCUT2D eigenvalue weighted by Crippen LogP contribution is 2.30. The van der Waals surface area contributed by atoms with Gasteiger partial charge in [-0.25, -0.2) is 13.6 Å². The van der Waals surface area contributed by atoms with Crippen LogP contribution in [0, 0.1) is 5.41 Å². The lowest BCUT2D eigenvalue weighted by atomic mass is 9.98. The summed E-state index contributed by atoms with van der Waals surface area (Å²) in [7, 11) is -1.94. The van der Waals surface area contributed by atoms with Crippen LogP contribution < -0.4 is 14.6 Å². The Morgan fingerprint density at radius 2 is 1.90 bits per heavy atom. The second kappa shape index (κ2) is 6.45. The second-order valence-electron chi connectivity index (χ2n) is 5.60. The Balaban J connectivity index is 2.79. The van der Waals surface area contributed by atoms with Crippen molar-refractivity contribution in [3.63, 3.8) is 0 Å². The van der Waals surface area contributed by atoms with Gasteiger partial charge in [0.2, 0.25) is 10.0 Å². The lowest BCUT2D eigenvalue weighted by Crippen LogP contribution is -2.33. The number of methoxy groups -OCH3 is 1. The molecule has 0 spiro atoms. The van der Waals surface area contributed by atoms with E-state index in [1.165, 1.54) is 0 Å². The van der Waals surface area contributed by atoms with Crippen molar-refractivity contribution in [3.05, 3.63) is 23.8 Å². The van der Waals surface area contributed by atoms with Gasteiger partial charge >= 0.3 is 0 Å². The van der Waals surface area contributed by atoms with E-state index in [1.807, 2.05) is 18.2 Å². The van der Waals surface area contributed by atoms with Gasteiger partial charge in [0.1, 0.15) is 0 Å². The largest absolute Gasteiger partial charge is 0.493 e. The molecule has 0 heterocycles. The Kier molecular flexibility index (Phi) is 5.42. The van der Waals surface area contributed by atoms with Crippen molar-refractivity contribution < 1.29 is 17.9 Å². The third-order valence-electron chi connectivity index (χ3n) is 2.85. The minimum Gasteiger partial charge on any atom is -0.493 e. The van der Waals surface area contributed by atoms with Gasteiger partial charge in [-0.05, 0) is 24.1 Å². The minimum atomic E-state index is -3.52. The predicted octanol–water partition coefficient (Wildman–Crippen LogP) is 1.95.